The monoisotopic (exact) mass is 405 g/mol. The van der Waals surface area contributed by atoms with E-state index >= 15 is 0 Å². The number of furan rings is 1. The molecule has 10 heteroatoms. The molecule has 2 aromatic heterocycles. The quantitative estimate of drug-likeness (QED) is 0.644. The Morgan fingerprint density at radius 1 is 1.00 bits per heavy atom. The molecule has 2 amide bonds. The van der Waals surface area contributed by atoms with Crippen LogP contribution in [-0.2, 0) is 0 Å². The minimum Gasteiger partial charge on any atom is -0.467 e. The van der Waals surface area contributed by atoms with E-state index in [1.807, 2.05) is 0 Å². The summed E-state index contributed by atoms with van der Waals surface area (Å²) in [5.41, 5.74) is 0.517. The maximum Gasteiger partial charge on any atom is 0.422 e. The molecule has 1 aromatic carbocycles. The number of hydrogen-bond donors (Lipinski definition) is 2. The van der Waals surface area contributed by atoms with Crippen molar-refractivity contribution in [3.63, 3.8) is 0 Å². The molecule has 0 aliphatic rings. The van der Waals surface area contributed by atoms with Crippen LogP contribution in [-0.4, -0.2) is 29.6 Å². The molecular weight excluding hydrogens is 391 g/mol. The van der Waals surface area contributed by atoms with Gasteiger partial charge in [-0.05, 0) is 42.5 Å². The van der Waals surface area contributed by atoms with Crippen molar-refractivity contribution < 1.29 is 31.9 Å². The summed E-state index contributed by atoms with van der Waals surface area (Å²) in [5.74, 6) is -1.52. The Balaban J connectivity index is 1.71. The average Bonchev–Trinajstić information content (AvgIpc) is 3.21. The van der Waals surface area contributed by atoms with Crippen LogP contribution in [0.4, 0.5) is 24.5 Å². The third kappa shape index (κ3) is 5.58. The lowest BCUT2D eigenvalue weighted by atomic mass is 10.2. The Morgan fingerprint density at radius 3 is 2.38 bits per heavy atom. The van der Waals surface area contributed by atoms with Gasteiger partial charge in [-0.25, -0.2) is 4.98 Å². The van der Waals surface area contributed by atoms with Gasteiger partial charge < -0.3 is 19.8 Å². The highest BCUT2D eigenvalue weighted by Crippen LogP contribution is 2.22. The van der Waals surface area contributed by atoms with E-state index in [1.165, 1.54) is 36.7 Å². The zero-order chi connectivity index (χ0) is 20.9. The topological polar surface area (TPSA) is 93.5 Å². The molecule has 150 valence electrons. The smallest absolute Gasteiger partial charge is 0.422 e. The molecule has 0 saturated carbocycles. The lowest BCUT2D eigenvalue weighted by molar-refractivity contribution is -0.154. The third-order valence-electron chi connectivity index (χ3n) is 3.51. The molecule has 3 aromatic rings. The van der Waals surface area contributed by atoms with Crippen molar-refractivity contribution in [3.8, 4) is 5.88 Å². The van der Waals surface area contributed by atoms with Gasteiger partial charge in [-0.15, -0.1) is 0 Å². The molecule has 29 heavy (non-hydrogen) atoms. The van der Waals surface area contributed by atoms with Crippen LogP contribution in [0.2, 0.25) is 0 Å². The molecule has 0 unspecified atom stereocenters. The number of nitrogens with one attached hydrogen (secondary N) is 2. The van der Waals surface area contributed by atoms with E-state index < -0.39 is 30.5 Å². The first-order valence-electron chi connectivity index (χ1n) is 8.23. The Morgan fingerprint density at radius 2 is 1.72 bits per heavy atom. The number of alkyl halides is 3. The van der Waals surface area contributed by atoms with E-state index in [-0.39, 0.29) is 11.3 Å². The number of nitrogens with zero attached hydrogens (tertiary/aromatic N) is 1. The van der Waals surface area contributed by atoms with Crippen molar-refractivity contribution in [3.05, 3.63) is 72.3 Å². The molecule has 2 heterocycles. The Labute approximate surface area is 162 Å². The Kier molecular flexibility index (Phi) is 5.82. The third-order valence-corrected chi connectivity index (χ3v) is 3.51. The van der Waals surface area contributed by atoms with Crippen molar-refractivity contribution in [1.82, 2.24) is 4.98 Å². The molecule has 0 bridgehead atoms. The number of rotatable bonds is 6. The summed E-state index contributed by atoms with van der Waals surface area (Å²) in [7, 11) is 0. The summed E-state index contributed by atoms with van der Waals surface area (Å²) in [6, 6.07) is 11.9. The number of benzene rings is 1. The Bertz CT molecular complexity index is 1000. The first kappa shape index (κ1) is 19.9. The van der Waals surface area contributed by atoms with E-state index in [4.69, 9.17) is 4.42 Å². The van der Waals surface area contributed by atoms with E-state index in [1.54, 1.807) is 24.3 Å². The van der Waals surface area contributed by atoms with Crippen LogP contribution < -0.4 is 15.4 Å². The highest BCUT2D eigenvalue weighted by atomic mass is 19.4. The molecule has 0 saturated heterocycles. The number of pyridine rings is 1. The maximum absolute atomic E-state index is 12.5. The summed E-state index contributed by atoms with van der Waals surface area (Å²) >= 11 is 0. The number of hydrogen-bond acceptors (Lipinski definition) is 5. The van der Waals surface area contributed by atoms with Gasteiger partial charge in [-0.2, -0.15) is 13.2 Å². The standard InChI is InChI=1S/C19H14F3N3O4/c20-19(21,22)11-29-18-14(6-2-8-23-18)16(26)24-12-4-1-5-13(10-12)25-17(27)15-7-3-9-28-15/h1-10H,11H2,(H,24,26)(H,25,27). The first-order chi connectivity index (χ1) is 13.8. The summed E-state index contributed by atoms with van der Waals surface area (Å²) in [5, 5.41) is 5.13. The number of ether oxygens (including phenoxy) is 1. The van der Waals surface area contributed by atoms with Gasteiger partial charge in [-0.1, -0.05) is 6.07 Å². The summed E-state index contributed by atoms with van der Waals surface area (Å²) in [4.78, 5) is 28.2. The summed E-state index contributed by atoms with van der Waals surface area (Å²) < 4.78 is 46.7. The first-order valence-corrected chi connectivity index (χ1v) is 8.23. The second-order valence-electron chi connectivity index (χ2n) is 5.73. The average molecular weight is 405 g/mol. The van der Waals surface area contributed by atoms with Gasteiger partial charge in [0.05, 0.1) is 6.26 Å². The van der Waals surface area contributed by atoms with Crippen molar-refractivity contribution in [2.75, 3.05) is 17.2 Å². The van der Waals surface area contributed by atoms with Gasteiger partial charge in [0.25, 0.3) is 11.8 Å². The van der Waals surface area contributed by atoms with E-state index in [0.717, 1.165) is 0 Å². The highest BCUT2D eigenvalue weighted by molar-refractivity contribution is 6.06. The van der Waals surface area contributed by atoms with Crippen LogP contribution in [0.5, 0.6) is 5.88 Å². The molecule has 3 rings (SSSR count). The minimum atomic E-state index is -4.56. The number of carbonyl (C=O) groups excluding carboxylic acids is 2. The fourth-order valence-corrected chi connectivity index (χ4v) is 2.30. The van der Waals surface area contributed by atoms with Gasteiger partial charge in [0.1, 0.15) is 5.56 Å². The number of amides is 2. The summed E-state index contributed by atoms with van der Waals surface area (Å²) in [6.45, 7) is -1.57. The fourth-order valence-electron chi connectivity index (χ4n) is 2.30. The lowest BCUT2D eigenvalue weighted by Gasteiger charge is -2.12. The predicted molar refractivity (Wildman–Crippen MR) is 96.8 cm³/mol. The lowest BCUT2D eigenvalue weighted by Crippen LogP contribution is -2.22. The van der Waals surface area contributed by atoms with Crippen LogP contribution in [0.15, 0.2) is 65.4 Å². The van der Waals surface area contributed by atoms with E-state index in [2.05, 4.69) is 20.4 Å². The second-order valence-corrected chi connectivity index (χ2v) is 5.73. The van der Waals surface area contributed by atoms with Gasteiger partial charge in [0, 0.05) is 17.6 Å². The molecular formula is C19H14F3N3O4. The van der Waals surface area contributed by atoms with Gasteiger partial charge in [0.2, 0.25) is 5.88 Å². The zero-order valence-corrected chi connectivity index (χ0v) is 14.7. The summed E-state index contributed by atoms with van der Waals surface area (Å²) in [6.07, 6.45) is -1.99. The maximum atomic E-state index is 12.5. The predicted octanol–water partition coefficient (Wildman–Crippen LogP) is 4.12. The number of halogens is 3. The van der Waals surface area contributed by atoms with Gasteiger partial charge >= 0.3 is 6.18 Å². The molecule has 2 N–H and O–H groups in total. The van der Waals surface area contributed by atoms with Crippen LogP contribution in [0.1, 0.15) is 20.9 Å². The number of anilines is 2. The molecule has 0 aliphatic heterocycles. The van der Waals surface area contributed by atoms with Crippen LogP contribution in [0, 0.1) is 0 Å². The van der Waals surface area contributed by atoms with Gasteiger partial charge in [0.15, 0.2) is 12.4 Å². The van der Waals surface area contributed by atoms with Crippen LogP contribution >= 0.6 is 0 Å². The Hall–Kier alpha value is -3.82. The van der Waals surface area contributed by atoms with Gasteiger partial charge in [-0.3, -0.25) is 9.59 Å². The number of carbonyl (C=O) groups is 2. The van der Waals surface area contributed by atoms with Crippen molar-refractivity contribution in [2.24, 2.45) is 0 Å². The van der Waals surface area contributed by atoms with Crippen LogP contribution in [0.25, 0.3) is 0 Å². The van der Waals surface area contributed by atoms with Crippen molar-refractivity contribution in [2.45, 2.75) is 6.18 Å². The van der Waals surface area contributed by atoms with Crippen molar-refractivity contribution >= 4 is 23.2 Å². The van der Waals surface area contributed by atoms with Crippen LogP contribution in [0.3, 0.4) is 0 Å². The fraction of sp³-hybridized carbons (Fsp3) is 0.105. The zero-order valence-electron chi connectivity index (χ0n) is 14.7. The highest BCUT2D eigenvalue weighted by Gasteiger charge is 2.29. The van der Waals surface area contributed by atoms with Crippen molar-refractivity contribution in [1.29, 1.82) is 0 Å². The molecule has 0 radical (unpaired) electrons. The van der Waals surface area contributed by atoms with E-state index in [0.29, 0.717) is 11.4 Å². The normalized spacial score (nSPS) is 11.0. The molecule has 7 nitrogen and oxygen atoms in total. The second kappa shape index (κ2) is 8.46. The molecule has 0 spiro atoms. The molecule has 0 aliphatic carbocycles. The molecule has 0 atom stereocenters. The number of aromatic nitrogens is 1. The van der Waals surface area contributed by atoms with E-state index in [9.17, 15) is 22.8 Å². The molecule has 0 fully saturated rings. The minimum absolute atomic E-state index is 0.112. The largest absolute Gasteiger partial charge is 0.467 e. The SMILES string of the molecule is O=C(Nc1cccc(NC(=O)c2cccnc2OCC(F)(F)F)c1)c1ccco1.